The van der Waals surface area contributed by atoms with Gasteiger partial charge in [-0.05, 0) is 0 Å². The molecule has 1 aromatic heterocycles. The largest absolute Gasteiger partial charge is 0.378 e. The number of anilines is 1. The normalized spacial score (nSPS) is 15.9. The number of carbonyl (C=O) groups excluding carboxylic acids is 1. The van der Waals surface area contributed by atoms with Crippen LogP contribution in [0.2, 0.25) is 0 Å². The van der Waals surface area contributed by atoms with Crippen LogP contribution in [0.4, 0.5) is 11.5 Å². The van der Waals surface area contributed by atoms with Crippen molar-refractivity contribution in [3.05, 3.63) is 15.8 Å². The Labute approximate surface area is 96.9 Å². The maximum absolute atomic E-state index is 11.0. The van der Waals surface area contributed by atoms with Crippen LogP contribution >= 0.6 is 0 Å². The van der Waals surface area contributed by atoms with Gasteiger partial charge in [0, 0.05) is 20.1 Å². The number of ether oxygens (including phenoxy) is 1. The first-order chi connectivity index (χ1) is 8.15. The summed E-state index contributed by atoms with van der Waals surface area (Å²) in [4.78, 5) is 23.0. The van der Waals surface area contributed by atoms with Crippen LogP contribution in [-0.4, -0.2) is 47.3 Å². The van der Waals surface area contributed by atoms with E-state index in [1.54, 1.807) is 4.90 Å². The second kappa shape index (κ2) is 4.50. The average molecular weight is 240 g/mol. The molecule has 0 N–H and O–H groups in total. The van der Waals surface area contributed by atoms with Crippen molar-refractivity contribution in [1.29, 1.82) is 0 Å². The molecule has 0 unspecified atom stereocenters. The summed E-state index contributed by atoms with van der Waals surface area (Å²) >= 11 is 0. The molecular formula is C9H12N4O4. The minimum atomic E-state index is -0.568. The van der Waals surface area contributed by atoms with E-state index in [0.29, 0.717) is 32.6 Å². The smallest absolute Gasteiger partial charge is 0.341 e. The Bertz CT molecular complexity index is 450. The third kappa shape index (κ3) is 1.98. The summed E-state index contributed by atoms with van der Waals surface area (Å²) in [6.45, 7) is 2.08. The highest BCUT2D eigenvalue weighted by Crippen LogP contribution is 2.30. The molecule has 1 fully saturated rings. The maximum Gasteiger partial charge on any atom is 0.341 e. The third-order valence-electron chi connectivity index (χ3n) is 2.65. The van der Waals surface area contributed by atoms with E-state index in [1.807, 2.05) is 0 Å². The highest BCUT2D eigenvalue weighted by molar-refractivity contribution is 5.83. The number of hydrogen-bond acceptors (Lipinski definition) is 6. The summed E-state index contributed by atoms with van der Waals surface area (Å²) in [5.41, 5.74) is -0.249. The van der Waals surface area contributed by atoms with Gasteiger partial charge in [-0.1, -0.05) is 0 Å². The predicted molar refractivity (Wildman–Crippen MR) is 58.3 cm³/mol. The minimum Gasteiger partial charge on any atom is -0.378 e. The van der Waals surface area contributed by atoms with Crippen LogP contribution in [-0.2, 0) is 11.8 Å². The van der Waals surface area contributed by atoms with Gasteiger partial charge in [-0.25, -0.2) is 0 Å². The number of carbonyl (C=O) groups is 1. The first-order valence-electron chi connectivity index (χ1n) is 5.14. The zero-order chi connectivity index (χ0) is 12.4. The lowest BCUT2D eigenvalue weighted by molar-refractivity contribution is -0.384. The van der Waals surface area contributed by atoms with Crippen LogP contribution in [0.5, 0.6) is 0 Å². The highest BCUT2D eigenvalue weighted by Gasteiger charge is 2.30. The molecular weight excluding hydrogens is 228 g/mol. The van der Waals surface area contributed by atoms with E-state index in [-0.39, 0.29) is 17.2 Å². The van der Waals surface area contributed by atoms with Gasteiger partial charge in [-0.2, -0.15) is 0 Å². The maximum atomic E-state index is 11.0. The van der Waals surface area contributed by atoms with Crippen molar-refractivity contribution in [2.45, 2.75) is 0 Å². The van der Waals surface area contributed by atoms with Crippen molar-refractivity contribution in [1.82, 2.24) is 9.78 Å². The lowest BCUT2D eigenvalue weighted by atomic mass is 10.3. The molecule has 0 spiro atoms. The van der Waals surface area contributed by atoms with Crippen molar-refractivity contribution in [2.75, 3.05) is 31.2 Å². The van der Waals surface area contributed by atoms with Crippen molar-refractivity contribution < 1.29 is 14.5 Å². The molecule has 1 saturated heterocycles. The molecule has 0 atom stereocenters. The van der Waals surface area contributed by atoms with Gasteiger partial charge in [-0.15, -0.1) is 5.10 Å². The van der Waals surface area contributed by atoms with Crippen molar-refractivity contribution in [3.63, 3.8) is 0 Å². The number of nitro groups is 1. The Kier molecular flexibility index (Phi) is 3.05. The van der Waals surface area contributed by atoms with E-state index in [2.05, 4.69) is 5.10 Å². The Balaban J connectivity index is 2.45. The van der Waals surface area contributed by atoms with Crippen LogP contribution in [0.15, 0.2) is 0 Å². The number of morpholine rings is 1. The number of hydrogen-bond donors (Lipinski definition) is 0. The van der Waals surface area contributed by atoms with E-state index in [4.69, 9.17) is 4.74 Å². The number of nitrogens with zero attached hydrogens (tertiary/aromatic N) is 4. The molecule has 8 heteroatoms. The molecule has 0 bridgehead atoms. The summed E-state index contributed by atoms with van der Waals surface area (Å²) in [5.74, 6) is 0.239. The quantitative estimate of drug-likeness (QED) is 0.419. The summed E-state index contributed by atoms with van der Waals surface area (Å²) in [5, 5.41) is 15.0. The lowest BCUT2D eigenvalue weighted by Gasteiger charge is -2.25. The van der Waals surface area contributed by atoms with E-state index < -0.39 is 4.92 Å². The van der Waals surface area contributed by atoms with E-state index in [1.165, 1.54) is 11.7 Å². The van der Waals surface area contributed by atoms with Crippen LogP contribution in [0.25, 0.3) is 0 Å². The summed E-state index contributed by atoms with van der Waals surface area (Å²) in [6, 6.07) is 0. The van der Waals surface area contributed by atoms with Crippen LogP contribution in [0, 0.1) is 10.1 Å². The minimum absolute atomic E-state index is 0.0171. The number of aryl methyl sites for hydroxylation is 1. The fourth-order valence-electron chi connectivity index (χ4n) is 1.81. The second-order valence-corrected chi connectivity index (χ2v) is 3.66. The SMILES string of the molecule is Cn1nc(N2CCOCC2)c([N+](=O)[O-])c1C=O. The Morgan fingerprint density at radius 2 is 2.12 bits per heavy atom. The number of aromatic nitrogens is 2. The molecule has 0 amide bonds. The first kappa shape index (κ1) is 11.5. The Hall–Kier alpha value is -1.96. The second-order valence-electron chi connectivity index (χ2n) is 3.66. The topological polar surface area (TPSA) is 90.5 Å². The molecule has 92 valence electrons. The molecule has 0 aromatic carbocycles. The van der Waals surface area contributed by atoms with Crippen molar-refractivity contribution >= 4 is 17.8 Å². The molecule has 0 saturated carbocycles. The van der Waals surface area contributed by atoms with Crippen LogP contribution in [0.3, 0.4) is 0 Å². The molecule has 1 aliphatic heterocycles. The molecule has 8 nitrogen and oxygen atoms in total. The summed E-state index contributed by atoms with van der Waals surface area (Å²) < 4.78 is 6.40. The monoisotopic (exact) mass is 240 g/mol. The standard InChI is InChI=1S/C9H12N4O4/c1-11-7(6-14)8(13(15)16)9(10-11)12-2-4-17-5-3-12/h6H,2-5H2,1H3. The lowest BCUT2D eigenvalue weighted by Crippen LogP contribution is -2.36. The van der Waals surface area contributed by atoms with Gasteiger partial charge in [0.15, 0.2) is 12.0 Å². The van der Waals surface area contributed by atoms with Gasteiger partial charge in [0.1, 0.15) is 0 Å². The predicted octanol–water partition coefficient (Wildman–Crippen LogP) is -0.0226. The zero-order valence-corrected chi connectivity index (χ0v) is 9.33. The van der Waals surface area contributed by atoms with E-state index >= 15 is 0 Å². The molecule has 2 heterocycles. The molecule has 0 aliphatic carbocycles. The zero-order valence-electron chi connectivity index (χ0n) is 9.33. The molecule has 0 radical (unpaired) electrons. The fraction of sp³-hybridized carbons (Fsp3) is 0.556. The summed E-state index contributed by atoms with van der Waals surface area (Å²) in [7, 11) is 1.51. The molecule has 1 aromatic rings. The van der Waals surface area contributed by atoms with Gasteiger partial charge >= 0.3 is 5.69 Å². The van der Waals surface area contributed by atoms with Crippen LogP contribution in [0.1, 0.15) is 10.5 Å². The van der Waals surface area contributed by atoms with E-state index in [9.17, 15) is 14.9 Å². The van der Waals surface area contributed by atoms with Gasteiger partial charge in [0.2, 0.25) is 5.82 Å². The summed E-state index contributed by atoms with van der Waals surface area (Å²) in [6.07, 6.45) is 0.453. The average Bonchev–Trinajstić information content (AvgIpc) is 2.67. The van der Waals surface area contributed by atoms with Gasteiger partial charge < -0.3 is 9.64 Å². The molecule has 1 aliphatic rings. The molecule has 17 heavy (non-hydrogen) atoms. The number of rotatable bonds is 3. The number of aldehydes is 1. The Morgan fingerprint density at radius 1 is 1.47 bits per heavy atom. The highest BCUT2D eigenvalue weighted by atomic mass is 16.6. The van der Waals surface area contributed by atoms with Crippen molar-refractivity contribution in [2.24, 2.45) is 7.05 Å². The fourth-order valence-corrected chi connectivity index (χ4v) is 1.81. The van der Waals surface area contributed by atoms with E-state index in [0.717, 1.165) is 0 Å². The third-order valence-corrected chi connectivity index (χ3v) is 2.65. The van der Waals surface area contributed by atoms with Crippen molar-refractivity contribution in [3.8, 4) is 0 Å². The van der Waals surface area contributed by atoms with Gasteiger partial charge in [0.25, 0.3) is 0 Å². The Morgan fingerprint density at radius 3 is 2.65 bits per heavy atom. The van der Waals surface area contributed by atoms with Gasteiger partial charge in [0.05, 0.1) is 18.1 Å². The van der Waals surface area contributed by atoms with Crippen LogP contribution < -0.4 is 4.90 Å². The van der Waals surface area contributed by atoms with Gasteiger partial charge in [-0.3, -0.25) is 19.6 Å². The molecule has 2 rings (SSSR count). The first-order valence-corrected chi connectivity index (χ1v) is 5.14.